The van der Waals surface area contributed by atoms with Crippen molar-refractivity contribution < 1.29 is 24.4 Å². The van der Waals surface area contributed by atoms with Gasteiger partial charge in [0.1, 0.15) is 11.3 Å². The molecule has 224 valence electrons. The number of nitrogens with one attached hydrogen (secondary N) is 2. The maximum atomic E-state index is 13.9. The molecular weight excluding hydrogens is 618 g/mol. The number of benzene rings is 3. The molecule has 4 aromatic rings. The third-order valence-electron chi connectivity index (χ3n) is 7.88. The summed E-state index contributed by atoms with van der Waals surface area (Å²) in [5.74, 6) is 0.216. The van der Waals surface area contributed by atoms with E-state index in [9.17, 15) is 24.8 Å². The third-order valence-corrected chi connectivity index (χ3v) is 8.49. The molecule has 3 aromatic carbocycles. The van der Waals surface area contributed by atoms with E-state index in [2.05, 4.69) is 31.2 Å². The largest absolute Gasteiger partial charge is 0.504 e. The number of ether oxygens (including phenoxy) is 1. The van der Waals surface area contributed by atoms with Gasteiger partial charge in [-0.05, 0) is 92.0 Å². The zero-order chi connectivity index (χ0) is 31.1. The summed E-state index contributed by atoms with van der Waals surface area (Å²) in [4.78, 5) is 47.7. The average molecular weight is 651 g/mol. The van der Waals surface area contributed by atoms with Crippen LogP contribution in [0.3, 0.4) is 0 Å². The Morgan fingerprint density at radius 2 is 1.93 bits per heavy atom. The number of rotatable bonds is 10. The van der Waals surface area contributed by atoms with Gasteiger partial charge in [0, 0.05) is 28.2 Å². The number of phenolic OH excluding ortho intramolecular Hbond substituents is 1. The molecule has 43 heavy (non-hydrogen) atoms. The highest BCUT2D eigenvalue weighted by Crippen LogP contribution is 2.41. The summed E-state index contributed by atoms with van der Waals surface area (Å²) in [5, 5.41) is 24.8. The lowest BCUT2D eigenvalue weighted by Crippen LogP contribution is -2.52. The molecule has 0 spiro atoms. The number of imidazole rings is 1. The van der Waals surface area contributed by atoms with Crippen molar-refractivity contribution in [3.8, 4) is 22.9 Å². The number of fused-ring (bicyclic) bond motifs is 3. The lowest BCUT2D eigenvalue weighted by Gasteiger charge is -2.37. The van der Waals surface area contributed by atoms with Crippen LogP contribution in [-0.4, -0.2) is 63.5 Å². The molecule has 0 bridgehead atoms. The molecular formula is C31H32BrN5O6. The average Bonchev–Trinajstić information content (AvgIpc) is 3.42. The number of H-pyrrole nitrogens is 1. The fourth-order valence-corrected chi connectivity index (χ4v) is 5.94. The summed E-state index contributed by atoms with van der Waals surface area (Å²) in [6.07, 6.45) is 1.25. The standard InChI is InChI=1S/C31H32BrN5O6/c1-17-6-8-19(15-22(17)37(41)42)28-34-26-21(32)16-20-25(27(26)35-28)29(39)36(30(40)31(20,2)3)13-5-11-33-12-10-18-7-9-24(43-4)23(38)14-18/h6-9,14-16,33,38H,5,10-13H2,1-4H3,(H,34,35). The number of aromatic nitrogens is 2. The highest BCUT2D eigenvalue weighted by Gasteiger charge is 2.45. The number of amides is 2. The molecule has 0 saturated carbocycles. The molecule has 1 aliphatic rings. The first-order valence-electron chi connectivity index (χ1n) is 13.8. The lowest BCUT2D eigenvalue weighted by molar-refractivity contribution is -0.385. The van der Waals surface area contributed by atoms with Crippen molar-refractivity contribution in [2.45, 2.75) is 39.0 Å². The van der Waals surface area contributed by atoms with Crippen molar-refractivity contribution in [1.82, 2.24) is 20.2 Å². The van der Waals surface area contributed by atoms with E-state index < -0.39 is 16.2 Å². The Balaban J connectivity index is 1.35. The second kappa shape index (κ2) is 11.8. The van der Waals surface area contributed by atoms with Crippen LogP contribution in [0.5, 0.6) is 11.5 Å². The number of halogens is 1. The second-order valence-electron chi connectivity index (χ2n) is 11.1. The summed E-state index contributed by atoms with van der Waals surface area (Å²) in [5.41, 5.74) is 2.94. The van der Waals surface area contributed by atoms with Gasteiger partial charge in [-0.3, -0.25) is 24.6 Å². The summed E-state index contributed by atoms with van der Waals surface area (Å²) in [7, 11) is 1.50. The zero-order valence-electron chi connectivity index (χ0n) is 24.3. The van der Waals surface area contributed by atoms with Crippen LogP contribution in [0.1, 0.15) is 47.3 Å². The van der Waals surface area contributed by atoms with E-state index in [1.54, 1.807) is 51.1 Å². The van der Waals surface area contributed by atoms with Gasteiger partial charge in [-0.25, -0.2) is 4.98 Å². The van der Waals surface area contributed by atoms with Crippen molar-refractivity contribution >= 4 is 44.5 Å². The number of aryl methyl sites for hydroxylation is 1. The van der Waals surface area contributed by atoms with Crippen LogP contribution in [0.25, 0.3) is 22.4 Å². The van der Waals surface area contributed by atoms with E-state index in [4.69, 9.17) is 4.74 Å². The number of nitrogens with zero attached hydrogens (tertiary/aromatic N) is 3. The Kier molecular flexibility index (Phi) is 8.26. The van der Waals surface area contributed by atoms with E-state index in [0.29, 0.717) is 75.3 Å². The van der Waals surface area contributed by atoms with Crippen LogP contribution < -0.4 is 10.1 Å². The van der Waals surface area contributed by atoms with Crippen molar-refractivity contribution in [1.29, 1.82) is 0 Å². The molecule has 2 heterocycles. The first-order chi connectivity index (χ1) is 20.4. The maximum absolute atomic E-state index is 13.9. The molecule has 3 N–H and O–H groups in total. The van der Waals surface area contributed by atoms with Gasteiger partial charge >= 0.3 is 0 Å². The number of carbonyl (C=O) groups excluding carboxylic acids is 2. The smallest absolute Gasteiger partial charge is 0.273 e. The molecule has 0 saturated heterocycles. The lowest BCUT2D eigenvalue weighted by atomic mass is 9.76. The predicted octanol–water partition coefficient (Wildman–Crippen LogP) is 5.41. The monoisotopic (exact) mass is 649 g/mol. The van der Waals surface area contributed by atoms with Crippen LogP contribution >= 0.6 is 15.9 Å². The van der Waals surface area contributed by atoms with Gasteiger partial charge in [0.05, 0.1) is 28.5 Å². The Hall–Kier alpha value is -4.29. The van der Waals surface area contributed by atoms with Crippen molar-refractivity contribution in [3.05, 3.63) is 79.3 Å². The Morgan fingerprint density at radius 3 is 2.63 bits per heavy atom. The van der Waals surface area contributed by atoms with E-state index in [1.807, 2.05) is 6.07 Å². The molecule has 0 unspecified atom stereocenters. The van der Waals surface area contributed by atoms with Gasteiger partial charge in [-0.1, -0.05) is 18.2 Å². The van der Waals surface area contributed by atoms with Crippen LogP contribution in [0.2, 0.25) is 0 Å². The van der Waals surface area contributed by atoms with Crippen LogP contribution in [0.15, 0.2) is 46.9 Å². The van der Waals surface area contributed by atoms with Crippen LogP contribution in [0, 0.1) is 17.0 Å². The summed E-state index contributed by atoms with van der Waals surface area (Å²) < 4.78 is 5.69. The quantitative estimate of drug-likeness (QED) is 0.0893. The first-order valence-corrected chi connectivity index (χ1v) is 14.6. The number of hydrogen-bond acceptors (Lipinski definition) is 8. The third kappa shape index (κ3) is 5.59. The van der Waals surface area contributed by atoms with E-state index in [0.717, 1.165) is 5.56 Å². The number of phenols is 1. The normalized spacial score (nSPS) is 14.3. The first kappa shape index (κ1) is 30.2. The number of methoxy groups -OCH3 is 1. The number of carbonyl (C=O) groups is 2. The molecule has 0 radical (unpaired) electrons. The minimum absolute atomic E-state index is 0.0243. The number of aromatic hydroxyl groups is 1. The SMILES string of the molecule is COc1ccc(CCNCCCN2C(=O)c3c(cc(Br)c4nc(-c5ccc(C)c([N+](=O)[O-])c5)[nH]c34)C(C)(C)C2=O)cc1O. The van der Waals surface area contributed by atoms with E-state index in [-0.39, 0.29) is 23.9 Å². The number of nitro groups is 1. The Morgan fingerprint density at radius 1 is 1.16 bits per heavy atom. The van der Waals surface area contributed by atoms with Gasteiger partial charge in [0.2, 0.25) is 5.91 Å². The minimum atomic E-state index is -0.975. The predicted molar refractivity (Wildman–Crippen MR) is 166 cm³/mol. The van der Waals surface area contributed by atoms with Crippen LogP contribution in [-0.2, 0) is 16.6 Å². The molecule has 2 amide bonds. The Labute approximate surface area is 256 Å². The summed E-state index contributed by atoms with van der Waals surface area (Å²) in [6.45, 7) is 6.75. The maximum Gasteiger partial charge on any atom is 0.273 e. The van der Waals surface area contributed by atoms with Crippen molar-refractivity contribution in [2.24, 2.45) is 0 Å². The summed E-state index contributed by atoms with van der Waals surface area (Å²) in [6, 6.07) is 11.9. The van der Waals surface area contributed by atoms with Crippen LogP contribution in [0.4, 0.5) is 5.69 Å². The highest BCUT2D eigenvalue weighted by atomic mass is 79.9. The van der Waals surface area contributed by atoms with E-state index in [1.165, 1.54) is 18.1 Å². The number of nitro benzene ring substituents is 1. The molecule has 11 nitrogen and oxygen atoms in total. The van der Waals surface area contributed by atoms with Crippen molar-refractivity contribution in [3.63, 3.8) is 0 Å². The molecule has 12 heteroatoms. The fraction of sp³-hybridized carbons (Fsp3) is 0.323. The zero-order valence-corrected chi connectivity index (χ0v) is 25.9. The fourth-order valence-electron chi connectivity index (χ4n) is 5.43. The molecule has 5 rings (SSSR count). The molecule has 0 fully saturated rings. The van der Waals surface area contributed by atoms with Gasteiger partial charge in [0.15, 0.2) is 11.5 Å². The summed E-state index contributed by atoms with van der Waals surface area (Å²) >= 11 is 3.56. The van der Waals surface area contributed by atoms with Crippen molar-refractivity contribution in [2.75, 3.05) is 26.7 Å². The number of imide groups is 1. The van der Waals surface area contributed by atoms with Gasteiger partial charge in [-0.15, -0.1) is 0 Å². The number of hydrogen-bond donors (Lipinski definition) is 3. The number of aromatic amines is 1. The van der Waals surface area contributed by atoms with Gasteiger partial charge in [-0.2, -0.15) is 0 Å². The minimum Gasteiger partial charge on any atom is -0.504 e. The van der Waals surface area contributed by atoms with E-state index >= 15 is 0 Å². The van der Waals surface area contributed by atoms with Gasteiger partial charge in [0.25, 0.3) is 11.6 Å². The molecule has 0 aliphatic carbocycles. The Bertz CT molecular complexity index is 1770. The molecule has 1 aromatic heterocycles. The topological polar surface area (TPSA) is 151 Å². The molecule has 1 aliphatic heterocycles. The highest BCUT2D eigenvalue weighted by molar-refractivity contribution is 9.10. The van der Waals surface area contributed by atoms with Gasteiger partial charge < -0.3 is 20.1 Å². The second-order valence-corrected chi connectivity index (χ2v) is 11.9. The molecule has 0 atom stereocenters.